The van der Waals surface area contributed by atoms with Gasteiger partial charge in [-0.25, -0.2) is 0 Å². The molecular formula is C14H30ClNO. The molecule has 0 rings (SSSR count). The first-order chi connectivity index (χ1) is 8.10. The third-order valence-electron chi connectivity index (χ3n) is 3.55. The zero-order chi connectivity index (χ0) is 13.1. The maximum Gasteiger partial charge on any atom is 0.0590 e. The molecule has 1 N–H and O–H groups in total. The highest BCUT2D eigenvalue weighted by molar-refractivity contribution is 6.18. The normalized spacial score (nSPS) is 12.4. The Hall–Kier alpha value is 0.210. The molecule has 0 fully saturated rings. The summed E-state index contributed by atoms with van der Waals surface area (Å²) < 4.78 is 5.56. The fourth-order valence-electron chi connectivity index (χ4n) is 1.66. The second-order valence-corrected chi connectivity index (χ2v) is 5.58. The maximum atomic E-state index is 6.05. The van der Waals surface area contributed by atoms with Gasteiger partial charge in [0.15, 0.2) is 0 Å². The van der Waals surface area contributed by atoms with E-state index in [9.17, 15) is 0 Å². The highest BCUT2D eigenvalue weighted by atomic mass is 35.5. The van der Waals surface area contributed by atoms with Gasteiger partial charge >= 0.3 is 0 Å². The minimum atomic E-state index is 0.263. The van der Waals surface area contributed by atoms with Gasteiger partial charge in [0.25, 0.3) is 0 Å². The molecule has 0 aliphatic rings. The average molecular weight is 264 g/mol. The number of alkyl halides is 1. The molecule has 17 heavy (non-hydrogen) atoms. The zero-order valence-electron chi connectivity index (χ0n) is 12.0. The van der Waals surface area contributed by atoms with Crippen molar-refractivity contribution < 1.29 is 4.74 Å². The van der Waals surface area contributed by atoms with Crippen LogP contribution in [0.1, 0.15) is 47.0 Å². The van der Waals surface area contributed by atoms with Gasteiger partial charge in [-0.3, -0.25) is 0 Å². The third kappa shape index (κ3) is 8.01. The lowest BCUT2D eigenvalue weighted by Crippen LogP contribution is -2.36. The molecule has 0 saturated heterocycles. The Morgan fingerprint density at radius 3 is 2.29 bits per heavy atom. The molecule has 0 spiro atoms. The van der Waals surface area contributed by atoms with Gasteiger partial charge in [0.05, 0.1) is 6.61 Å². The SMILES string of the molecule is CCC(CC)(CCl)CNCCOCCC(C)C. The molecule has 3 heteroatoms. The number of rotatable bonds is 11. The van der Waals surface area contributed by atoms with Crippen molar-refractivity contribution >= 4 is 11.6 Å². The molecule has 0 amide bonds. The van der Waals surface area contributed by atoms with Crippen LogP contribution in [-0.2, 0) is 4.74 Å². The second-order valence-electron chi connectivity index (χ2n) is 5.31. The molecule has 0 aromatic carbocycles. The Morgan fingerprint density at radius 1 is 1.18 bits per heavy atom. The molecule has 0 aliphatic heterocycles. The van der Waals surface area contributed by atoms with Crippen molar-refractivity contribution in [2.45, 2.75) is 47.0 Å². The van der Waals surface area contributed by atoms with E-state index < -0.39 is 0 Å². The van der Waals surface area contributed by atoms with Crippen LogP contribution in [0.3, 0.4) is 0 Å². The van der Waals surface area contributed by atoms with Gasteiger partial charge in [0, 0.05) is 25.6 Å². The summed E-state index contributed by atoms with van der Waals surface area (Å²) in [5.41, 5.74) is 0.263. The fraction of sp³-hybridized carbons (Fsp3) is 1.00. The fourth-order valence-corrected chi connectivity index (χ4v) is 2.13. The molecule has 104 valence electrons. The van der Waals surface area contributed by atoms with Crippen LogP contribution in [0.2, 0.25) is 0 Å². The predicted molar refractivity (Wildman–Crippen MR) is 76.9 cm³/mol. The van der Waals surface area contributed by atoms with Gasteiger partial charge in [-0.05, 0) is 30.6 Å². The van der Waals surface area contributed by atoms with Crippen LogP contribution < -0.4 is 5.32 Å². The van der Waals surface area contributed by atoms with Gasteiger partial charge < -0.3 is 10.1 Å². The summed E-state index contributed by atoms with van der Waals surface area (Å²) in [5.74, 6) is 1.47. The Labute approximate surface area is 112 Å². The third-order valence-corrected chi connectivity index (χ3v) is 4.11. The van der Waals surface area contributed by atoms with E-state index in [1.54, 1.807) is 0 Å². The van der Waals surface area contributed by atoms with Crippen molar-refractivity contribution in [2.24, 2.45) is 11.3 Å². The van der Waals surface area contributed by atoms with Crippen LogP contribution in [0.15, 0.2) is 0 Å². The summed E-state index contributed by atoms with van der Waals surface area (Å²) in [7, 11) is 0. The molecule has 0 bridgehead atoms. The van der Waals surface area contributed by atoms with Crippen LogP contribution in [-0.4, -0.2) is 32.2 Å². The van der Waals surface area contributed by atoms with E-state index in [1.165, 1.54) is 0 Å². The van der Waals surface area contributed by atoms with Crippen molar-refractivity contribution in [3.63, 3.8) is 0 Å². The van der Waals surface area contributed by atoms with Crippen LogP contribution >= 0.6 is 11.6 Å². The molecular weight excluding hydrogens is 234 g/mol. The van der Waals surface area contributed by atoms with Crippen LogP contribution in [0, 0.1) is 11.3 Å². The standard InChI is InChI=1S/C14H30ClNO/c1-5-14(6-2,11-15)12-16-8-10-17-9-7-13(3)4/h13,16H,5-12H2,1-4H3. The van der Waals surface area contributed by atoms with E-state index in [4.69, 9.17) is 16.3 Å². The first-order valence-corrected chi connectivity index (χ1v) is 7.48. The number of ether oxygens (including phenoxy) is 1. The highest BCUT2D eigenvalue weighted by Crippen LogP contribution is 2.26. The Bertz CT molecular complexity index is 161. The van der Waals surface area contributed by atoms with Gasteiger partial charge in [-0.15, -0.1) is 11.6 Å². The summed E-state index contributed by atoms with van der Waals surface area (Å²) in [4.78, 5) is 0. The zero-order valence-corrected chi connectivity index (χ0v) is 12.8. The van der Waals surface area contributed by atoms with Gasteiger partial charge in [-0.2, -0.15) is 0 Å². The smallest absolute Gasteiger partial charge is 0.0590 e. The van der Waals surface area contributed by atoms with Crippen LogP contribution in [0.25, 0.3) is 0 Å². The topological polar surface area (TPSA) is 21.3 Å². The average Bonchev–Trinajstić information content (AvgIpc) is 2.33. The lowest BCUT2D eigenvalue weighted by atomic mass is 9.84. The molecule has 0 heterocycles. The Balaban J connectivity index is 3.49. The molecule has 0 aliphatic carbocycles. The van der Waals surface area contributed by atoms with E-state index >= 15 is 0 Å². The van der Waals surface area contributed by atoms with Crippen molar-refractivity contribution in [1.29, 1.82) is 0 Å². The van der Waals surface area contributed by atoms with E-state index in [0.717, 1.165) is 57.4 Å². The minimum Gasteiger partial charge on any atom is -0.380 e. The Kier molecular flexibility index (Phi) is 10.3. The quantitative estimate of drug-likeness (QED) is 0.454. The lowest BCUT2D eigenvalue weighted by Gasteiger charge is -2.29. The first-order valence-electron chi connectivity index (χ1n) is 6.94. The molecule has 0 atom stereocenters. The summed E-state index contributed by atoms with van der Waals surface area (Å²) in [6, 6.07) is 0. The number of hydrogen-bond donors (Lipinski definition) is 1. The van der Waals surface area contributed by atoms with E-state index in [1.807, 2.05) is 0 Å². The molecule has 0 radical (unpaired) electrons. The van der Waals surface area contributed by atoms with E-state index in [0.29, 0.717) is 0 Å². The van der Waals surface area contributed by atoms with Crippen LogP contribution in [0.4, 0.5) is 0 Å². The second kappa shape index (κ2) is 10.2. The minimum absolute atomic E-state index is 0.263. The summed E-state index contributed by atoms with van der Waals surface area (Å²) in [6.45, 7) is 12.5. The van der Waals surface area contributed by atoms with E-state index in [-0.39, 0.29) is 5.41 Å². The first kappa shape index (κ1) is 17.2. The van der Waals surface area contributed by atoms with Crippen molar-refractivity contribution in [3.8, 4) is 0 Å². The lowest BCUT2D eigenvalue weighted by molar-refractivity contribution is 0.122. The van der Waals surface area contributed by atoms with Gasteiger partial charge in [0.1, 0.15) is 0 Å². The number of nitrogens with one attached hydrogen (secondary N) is 1. The van der Waals surface area contributed by atoms with Gasteiger partial charge in [0.2, 0.25) is 0 Å². The summed E-state index contributed by atoms with van der Waals surface area (Å²) in [6.07, 6.45) is 3.41. The molecule has 0 aromatic rings. The van der Waals surface area contributed by atoms with E-state index in [2.05, 4.69) is 33.0 Å². The molecule has 2 nitrogen and oxygen atoms in total. The van der Waals surface area contributed by atoms with Crippen LogP contribution in [0.5, 0.6) is 0 Å². The molecule has 0 saturated carbocycles. The Morgan fingerprint density at radius 2 is 1.82 bits per heavy atom. The predicted octanol–water partition coefficient (Wildman–Crippen LogP) is 3.68. The summed E-state index contributed by atoms with van der Waals surface area (Å²) in [5, 5.41) is 3.46. The summed E-state index contributed by atoms with van der Waals surface area (Å²) >= 11 is 6.05. The van der Waals surface area contributed by atoms with Gasteiger partial charge in [-0.1, -0.05) is 27.7 Å². The largest absolute Gasteiger partial charge is 0.380 e. The molecule has 0 unspecified atom stereocenters. The highest BCUT2D eigenvalue weighted by Gasteiger charge is 2.24. The number of hydrogen-bond acceptors (Lipinski definition) is 2. The number of halogens is 1. The van der Waals surface area contributed by atoms with Crippen molar-refractivity contribution in [1.82, 2.24) is 5.32 Å². The van der Waals surface area contributed by atoms with Crippen molar-refractivity contribution in [2.75, 3.05) is 32.2 Å². The monoisotopic (exact) mass is 263 g/mol. The molecule has 0 aromatic heterocycles. The van der Waals surface area contributed by atoms with Crippen molar-refractivity contribution in [3.05, 3.63) is 0 Å². The maximum absolute atomic E-state index is 6.05.